The molecule has 2 aromatic rings. The van der Waals surface area contributed by atoms with E-state index < -0.39 is 6.04 Å². The summed E-state index contributed by atoms with van der Waals surface area (Å²) >= 11 is 0. The van der Waals surface area contributed by atoms with Gasteiger partial charge >= 0.3 is 6.03 Å². The highest BCUT2D eigenvalue weighted by atomic mass is 16.2. The van der Waals surface area contributed by atoms with Crippen molar-refractivity contribution in [3.63, 3.8) is 0 Å². The number of rotatable bonds is 4. The largest absolute Gasteiger partial charge is 0.334 e. The van der Waals surface area contributed by atoms with Crippen LogP contribution in [0.4, 0.5) is 10.5 Å². The molecule has 29 heavy (non-hydrogen) atoms. The lowest BCUT2D eigenvalue weighted by Crippen LogP contribution is -2.44. The molecule has 9 nitrogen and oxygen atoms in total. The molecule has 1 aliphatic heterocycles. The van der Waals surface area contributed by atoms with Crippen LogP contribution in [0, 0.1) is 0 Å². The summed E-state index contributed by atoms with van der Waals surface area (Å²) < 4.78 is 1.58. The predicted octanol–water partition coefficient (Wildman–Crippen LogP) is 1.39. The minimum absolute atomic E-state index is 0.0617. The number of aryl methyl sites for hydroxylation is 1. The molecule has 1 aromatic heterocycles. The minimum atomic E-state index is -0.528. The first kappa shape index (κ1) is 18.9. The third-order valence-electron chi connectivity index (χ3n) is 5.24. The van der Waals surface area contributed by atoms with Gasteiger partial charge in [-0.15, -0.1) is 0 Å². The summed E-state index contributed by atoms with van der Waals surface area (Å²) in [4.78, 5) is 50.1. The van der Waals surface area contributed by atoms with Crippen molar-refractivity contribution in [3.05, 3.63) is 47.3 Å². The molecule has 3 amide bonds. The number of amides is 3. The Kier molecular flexibility index (Phi) is 4.87. The molecule has 0 saturated heterocycles. The van der Waals surface area contributed by atoms with Crippen LogP contribution in [0.2, 0.25) is 0 Å². The molecule has 0 bridgehead atoms. The summed E-state index contributed by atoms with van der Waals surface area (Å²) in [5, 5.41) is 9.40. The number of hydrogen-bond acceptors (Lipinski definition) is 5. The monoisotopic (exact) mass is 395 g/mol. The van der Waals surface area contributed by atoms with Crippen molar-refractivity contribution in [2.75, 3.05) is 5.32 Å². The number of aromatic nitrogens is 2. The number of urea groups is 1. The van der Waals surface area contributed by atoms with Gasteiger partial charge in [0.05, 0.1) is 24.3 Å². The van der Waals surface area contributed by atoms with Crippen molar-refractivity contribution in [1.29, 1.82) is 0 Å². The average Bonchev–Trinajstić information content (AvgIpc) is 3.23. The summed E-state index contributed by atoms with van der Waals surface area (Å²) in [6.45, 7) is 0.623. The molecule has 9 heteroatoms. The van der Waals surface area contributed by atoms with Crippen LogP contribution in [0.1, 0.15) is 40.7 Å². The van der Waals surface area contributed by atoms with Crippen molar-refractivity contribution in [2.24, 2.45) is 7.05 Å². The highest BCUT2D eigenvalue weighted by Crippen LogP contribution is 2.29. The quantitative estimate of drug-likeness (QED) is 0.760. The first-order valence-corrected chi connectivity index (χ1v) is 9.41. The Morgan fingerprint density at radius 2 is 2.10 bits per heavy atom. The summed E-state index contributed by atoms with van der Waals surface area (Å²) in [5.41, 5.74) is 2.76. The van der Waals surface area contributed by atoms with Crippen molar-refractivity contribution in [1.82, 2.24) is 20.0 Å². The fraction of sp³-hybridized carbons (Fsp3) is 0.350. The number of nitrogens with zero attached hydrogens (tertiary/aromatic N) is 3. The Balaban J connectivity index is 1.39. The fourth-order valence-corrected chi connectivity index (χ4v) is 3.76. The normalized spacial score (nSPS) is 18.7. The second kappa shape index (κ2) is 7.50. The summed E-state index contributed by atoms with van der Waals surface area (Å²) in [6.07, 6.45) is 3.86. The van der Waals surface area contributed by atoms with E-state index in [1.807, 2.05) is 12.1 Å². The van der Waals surface area contributed by atoms with Crippen molar-refractivity contribution in [2.45, 2.75) is 38.4 Å². The topological polar surface area (TPSA) is 113 Å². The predicted molar refractivity (Wildman–Crippen MR) is 103 cm³/mol. The van der Waals surface area contributed by atoms with E-state index in [4.69, 9.17) is 0 Å². The van der Waals surface area contributed by atoms with Crippen molar-refractivity contribution < 1.29 is 19.2 Å². The first-order chi connectivity index (χ1) is 13.9. The molecule has 0 radical (unpaired) electrons. The van der Waals surface area contributed by atoms with E-state index in [2.05, 4.69) is 15.7 Å². The van der Waals surface area contributed by atoms with Crippen LogP contribution < -0.4 is 10.6 Å². The number of nitrogens with one attached hydrogen (secondary N) is 2. The van der Waals surface area contributed by atoms with Gasteiger partial charge in [-0.2, -0.15) is 5.10 Å². The number of carbonyl (C=O) groups excluding carboxylic acids is 4. The minimum Gasteiger partial charge on any atom is -0.334 e. The molecule has 150 valence electrons. The van der Waals surface area contributed by atoms with Gasteiger partial charge in [-0.25, -0.2) is 4.79 Å². The smallest absolute Gasteiger partial charge is 0.319 e. The van der Waals surface area contributed by atoms with E-state index in [1.54, 1.807) is 35.1 Å². The van der Waals surface area contributed by atoms with Gasteiger partial charge in [0.15, 0.2) is 5.78 Å². The standard InChI is InChI=1S/C20H21N5O4/c1-24-11-14(9-22-24)23-20(29)21-8-12-2-3-13-10-25(19(28)16(13)6-12)17-5-4-15(26)7-18(17)27/h2-3,6,9,11,17H,4-5,7-8,10H2,1H3,(H2,21,23,29). The lowest BCUT2D eigenvalue weighted by atomic mass is 9.92. The average molecular weight is 395 g/mol. The summed E-state index contributed by atoms with van der Waals surface area (Å²) in [7, 11) is 1.76. The van der Waals surface area contributed by atoms with Gasteiger partial charge in [-0.1, -0.05) is 12.1 Å². The highest BCUT2D eigenvalue weighted by molar-refractivity contribution is 6.07. The van der Waals surface area contributed by atoms with E-state index in [1.165, 1.54) is 0 Å². The third kappa shape index (κ3) is 3.89. The van der Waals surface area contributed by atoms with Gasteiger partial charge in [-0.05, 0) is 23.6 Å². The first-order valence-electron chi connectivity index (χ1n) is 9.41. The lowest BCUT2D eigenvalue weighted by Gasteiger charge is -2.29. The Labute approximate surface area is 167 Å². The van der Waals surface area contributed by atoms with E-state index in [0.717, 1.165) is 11.1 Å². The van der Waals surface area contributed by atoms with Crippen LogP contribution in [0.5, 0.6) is 0 Å². The molecule has 2 N–H and O–H groups in total. The number of ketones is 2. The molecule has 1 atom stereocenters. The van der Waals surface area contributed by atoms with Crippen molar-refractivity contribution >= 4 is 29.2 Å². The van der Waals surface area contributed by atoms with Crippen LogP contribution in [-0.2, 0) is 29.7 Å². The van der Waals surface area contributed by atoms with Gasteiger partial charge in [-0.3, -0.25) is 19.1 Å². The Hall–Kier alpha value is -3.49. The van der Waals surface area contributed by atoms with E-state index in [-0.39, 0.29) is 36.5 Å². The molecular weight excluding hydrogens is 374 g/mol. The zero-order valence-electron chi connectivity index (χ0n) is 16.0. The number of carbonyl (C=O) groups is 4. The van der Waals surface area contributed by atoms with Crippen LogP contribution in [0.15, 0.2) is 30.6 Å². The molecule has 1 aromatic carbocycles. The molecule has 1 unspecified atom stereocenters. The van der Waals surface area contributed by atoms with Crippen LogP contribution in [0.3, 0.4) is 0 Å². The van der Waals surface area contributed by atoms with Gasteiger partial charge in [0, 0.05) is 38.3 Å². The Morgan fingerprint density at radius 3 is 2.83 bits per heavy atom. The van der Waals surface area contributed by atoms with Crippen molar-refractivity contribution in [3.8, 4) is 0 Å². The lowest BCUT2D eigenvalue weighted by molar-refractivity contribution is -0.133. The summed E-state index contributed by atoms with van der Waals surface area (Å²) in [5.74, 6) is -0.445. The van der Waals surface area contributed by atoms with Gasteiger partial charge in [0.1, 0.15) is 5.78 Å². The number of Topliss-reactive ketones (excluding diaryl/α,β-unsaturated/α-hetero) is 2. The Morgan fingerprint density at radius 1 is 1.28 bits per heavy atom. The summed E-state index contributed by atoms with van der Waals surface area (Å²) in [6, 6.07) is 4.55. The number of hydrogen-bond donors (Lipinski definition) is 2. The van der Waals surface area contributed by atoms with E-state index >= 15 is 0 Å². The molecule has 2 aliphatic rings. The van der Waals surface area contributed by atoms with E-state index in [0.29, 0.717) is 30.6 Å². The van der Waals surface area contributed by atoms with Gasteiger partial charge < -0.3 is 15.5 Å². The van der Waals surface area contributed by atoms with E-state index in [9.17, 15) is 19.2 Å². The zero-order chi connectivity index (χ0) is 20.5. The molecule has 1 fully saturated rings. The zero-order valence-corrected chi connectivity index (χ0v) is 16.0. The van der Waals surface area contributed by atoms with Crippen LogP contribution in [0.25, 0.3) is 0 Å². The number of benzene rings is 1. The second-order valence-electron chi connectivity index (χ2n) is 7.37. The fourth-order valence-electron chi connectivity index (χ4n) is 3.76. The maximum absolute atomic E-state index is 12.8. The maximum atomic E-state index is 12.8. The number of anilines is 1. The van der Waals surface area contributed by atoms with Crippen LogP contribution >= 0.6 is 0 Å². The van der Waals surface area contributed by atoms with Gasteiger partial charge in [0.2, 0.25) is 0 Å². The van der Waals surface area contributed by atoms with Gasteiger partial charge in [0.25, 0.3) is 5.91 Å². The molecule has 1 aliphatic carbocycles. The highest BCUT2D eigenvalue weighted by Gasteiger charge is 2.38. The molecule has 0 spiro atoms. The SMILES string of the molecule is Cn1cc(NC(=O)NCc2ccc3c(c2)C(=O)N(C2CCC(=O)CC2=O)C3)cn1. The second-order valence-corrected chi connectivity index (χ2v) is 7.37. The third-order valence-corrected chi connectivity index (χ3v) is 5.24. The van der Waals surface area contributed by atoms with Crippen LogP contribution in [-0.4, -0.2) is 44.2 Å². The molecule has 2 heterocycles. The maximum Gasteiger partial charge on any atom is 0.319 e. The molecule has 1 saturated carbocycles. The molecular formula is C20H21N5O4. The Bertz CT molecular complexity index is 1010. The number of fused-ring (bicyclic) bond motifs is 1. The molecule has 4 rings (SSSR count).